The highest BCUT2D eigenvalue weighted by atomic mass is 16.4. The van der Waals surface area contributed by atoms with Gasteiger partial charge in [-0.05, 0) is 129 Å². The molecule has 0 atom stereocenters. The summed E-state index contributed by atoms with van der Waals surface area (Å²) in [5.41, 5.74) is 9.71. The summed E-state index contributed by atoms with van der Waals surface area (Å²) in [4.78, 5) is 53.4. The number of nitrogens with zero attached hydrogens (tertiary/aromatic N) is 5. The Balaban J connectivity index is 0.000000137. The number of carboxylic acid groups (broad SMARTS) is 3. The molecule has 17 nitrogen and oxygen atoms in total. The Morgan fingerprint density at radius 3 is 1.64 bits per heavy atom. The number of aliphatic hydroxyl groups excluding tert-OH is 1. The number of hydrogen-bond acceptors (Lipinski definition) is 14. The SMILES string of the molecule is O=C(O)c1ccc2nc(-c3cccnc3N3CCCC3)oc2c1.O=C(O)c1cccc(-c2nc3ccc(NCCCCO)cc3o2)c1.O=C(O)c1cccc(-c2nc3ccc(NCCc4ccccc4)cc3o2)c1. The number of hydrogen-bond donors (Lipinski definition) is 6. The van der Waals surface area contributed by atoms with Gasteiger partial charge in [-0.15, -0.1) is 0 Å². The van der Waals surface area contributed by atoms with Gasteiger partial charge in [0, 0.05) is 73.6 Å². The molecule has 0 spiro atoms. The van der Waals surface area contributed by atoms with Crippen molar-refractivity contribution in [3.05, 3.63) is 174 Å². The minimum absolute atomic E-state index is 0.186. The molecular weight excluding hydrogens is 943 g/mol. The van der Waals surface area contributed by atoms with Crippen LogP contribution in [-0.2, 0) is 6.42 Å². The number of rotatable bonds is 16. The fourth-order valence-electron chi connectivity index (χ4n) is 8.27. The van der Waals surface area contributed by atoms with Gasteiger partial charge in [-0.1, -0.05) is 42.5 Å². The number of aromatic nitrogens is 4. The number of unbranched alkanes of at least 4 members (excludes halogenated alkanes) is 1. The van der Waals surface area contributed by atoms with Crippen molar-refractivity contribution in [2.45, 2.75) is 32.1 Å². The van der Waals surface area contributed by atoms with Crippen LogP contribution in [0.2, 0.25) is 0 Å². The van der Waals surface area contributed by atoms with Gasteiger partial charge in [-0.2, -0.15) is 0 Å². The first kappa shape index (κ1) is 49.6. The highest BCUT2D eigenvalue weighted by Crippen LogP contribution is 2.33. The van der Waals surface area contributed by atoms with Crippen molar-refractivity contribution in [2.24, 2.45) is 0 Å². The predicted octanol–water partition coefficient (Wildman–Crippen LogP) is 11.4. The largest absolute Gasteiger partial charge is 0.478 e. The van der Waals surface area contributed by atoms with Gasteiger partial charge in [0.25, 0.3) is 0 Å². The average molecular weight is 994 g/mol. The number of fused-ring (bicyclic) bond motifs is 3. The molecule has 1 saturated heterocycles. The van der Waals surface area contributed by atoms with E-state index in [4.69, 9.17) is 33.7 Å². The van der Waals surface area contributed by atoms with E-state index in [0.29, 0.717) is 56.6 Å². The highest BCUT2D eigenvalue weighted by Gasteiger charge is 2.21. The molecule has 1 fully saturated rings. The number of aliphatic hydroxyl groups is 1. The summed E-state index contributed by atoms with van der Waals surface area (Å²) < 4.78 is 17.4. The summed E-state index contributed by atoms with van der Waals surface area (Å²) in [5.74, 6) is -0.795. The zero-order valence-corrected chi connectivity index (χ0v) is 40.0. The molecule has 6 aromatic carbocycles. The molecule has 0 radical (unpaired) electrons. The molecule has 74 heavy (non-hydrogen) atoms. The molecule has 1 aliphatic heterocycles. The van der Waals surface area contributed by atoms with Crippen molar-refractivity contribution in [1.82, 2.24) is 19.9 Å². The number of benzene rings is 6. The molecule has 1 aliphatic rings. The lowest BCUT2D eigenvalue weighted by Crippen LogP contribution is -2.19. The quantitative estimate of drug-likeness (QED) is 0.0492. The molecule has 0 amide bonds. The van der Waals surface area contributed by atoms with E-state index >= 15 is 0 Å². The number of aromatic carboxylic acids is 3. The standard InChI is InChI=1S/C22H18N2O3.C18H18N2O4.C17H15N3O3/c25-22(26)17-8-4-7-16(13-17)21-24-19-10-9-18(14-20(19)27-21)23-12-11-15-5-2-1-3-6-15;21-9-2-1-8-19-14-6-7-15-16(11-14)24-17(20-15)12-4-3-5-13(10-12)18(22)23;21-17(22)11-5-6-13-14(10-11)23-16(19-13)12-4-3-7-18-15(12)20-8-1-2-9-20/h1-10,13-14,23H,11-12H2,(H,25,26);3-7,10-11,19,21H,1-2,8-9H2,(H,22,23);3-7,10H,1-2,8-9H2,(H,21,22). The van der Waals surface area contributed by atoms with Gasteiger partial charge >= 0.3 is 17.9 Å². The fourth-order valence-corrected chi connectivity index (χ4v) is 8.27. The number of oxazole rings is 3. The van der Waals surface area contributed by atoms with Crippen LogP contribution in [0.25, 0.3) is 67.7 Å². The first-order chi connectivity index (χ1) is 36.1. The van der Waals surface area contributed by atoms with E-state index in [2.05, 4.69) is 47.6 Å². The van der Waals surface area contributed by atoms with Crippen molar-refractivity contribution < 1.29 is 48.1 Å². The minimum Gasteiger partial charge on any atom is -0.478 e. The minimum atomic E-state index is -0.984. The third kappa shape index (κ3) is 12.2. The van der Waals surface area contributed by atoms with Crippen LogP contribution in [0.1, 0.15) is 62.3 Å². The summed E-state index contributed by atoms with van der Waals surface area (Å²) in [6.45, 7) is 3.74. The van der Waals surface area contributed by atoms with Crippen LogP contribution >= 0.6 is 0 Å². The van der Waals surface area contributed by atoms with Crippen molar-refractivity contribution in [2.75, 3.05) is 48.3 Å². The van der Waals surface area contributed by atoms with E-state index in [1.165, 1.54) is 23.8 Å². The van der Waals surface area contributed by atoms with Crippen LogP contribution in [0.3, 0.4) is 0 Å². The molecule has 0 bridgehead atoms. The van der Waals surface area contributed by atoms with Crippen LogP contribution in [0.15, 0.2) is 165 Å². The Labute approximate surface area is 423 Å². The van der Waals surface area contributed by atoms with E-state index in [9.17, 15) is 14.4 Å². The van der Waals surface area contributed by atoms with Crippen molar-refractivity contribution >= 4 is 68.4 Å². The van der Waals surface area contributed by atoms with E-state index in [1.807, 2.05) is 66.7 Å². The summed E-state index contributed by atoms with van der Waals surface area (Å²) in [6.07, 6.45) is 6.67. The van der Waals surface area contributed by atoms with Crippen LogP contribution in [0.4, 0.5) is 17.2 Å². The van der Waals surface area contributed by atoms with Gasteiger partial charge < -0.3 is 49.2 Å². The zero-order valence-electron chi connectivity index (χ0n) is 40.0. The molecule has 10 aromatic rings. The van der Waals surface area contributed by atoms with Gasteiger partial charge in [-0.3, -0.25) is 0 Å². The number of pyridine rings is 1. The molecule has 11 rings (SSSR count). The maximum absolute atomic E-state index is 11.1. The third-order valence-electron chi connectivity index (χ3n) is 12.0. The summed E-state index contributed by atoms with van der Waals surface area (Å²) in [5, 5.41) is 42.7. The second kappa shape index (κ2) is 23.3. The Kier molecular flexibility index (Phi) is 15.6. The molecule has 5 heterocycles. The van der Waals surface area contributed by atoms with Crippen molar-refractivity contribution in [3.8, 4) is 34.4 Å². The molecule has 0 saturated carbocycles. The van der Waals surface area contributed by atoms with Crippen molar-refractivity contribution in [1.29, 1.82) is 0 Å². The maximum Gasteiger partial charge on any atom is 0.335 e. The van der Waals surface area contributed by atoms with Crippen LogP contribution < -0.4 is 15.5 Å². The van der Waals surface area contributed by atoms with Crippen LogP contribution in [0.5, 0.6) is 0 Å². The molecule has 17 heteroatoms. The molecule has 374 valence electrons. The lowest BCUT2D eigenvalue weighted by molar-refractivity contribution is 0.0686. The Morgan fingerprint density at radius 2 is 1.05 bits per heavy atom. The predicted molar refractivity (Wildman–Crippen MR) is 282 cm³/mol. The molecule has 6 N–H and O–H groups in total. The second-order valence-electron chi connectivity index (χ2n) is 17.3. The lowest BCUT2D eigenvalue weighted by Gasteiger charge is -2.18. The first-order valence-corrected chi connectivity index (χ1v) is 24.0. The van der Waals surface area contributed by atoms with Crippen molar-refractivity contribution in [3.63, 3.8) is 0 Å². The van der Waals surface area contributed by atoms with Crippen LogP contribution in [0, 0.1) is 0 Å². The van der Waals surface area contributed by atoms with Gasteiger partial charge in [0.2, 0.25) is 17.7 Å². The summed E-state index contributed by atoms with van der Waals surface area (Å²) in [7, 11) is 0. The van der Waals surface area contributed by atoms with E-state index in [1.54, 1.807) is 54.7 Å². The summed E-state index contributed by atoms with van der Waals surface area (Å²) >= 11 is 0. The topological polar surface area (TPSA) is 250 Å². The van der Waals surface area contributed by atoms with E-state index in [-0.39, 0.29) is 23.3 Å². The van der Waals surface area contributed by atoms with Gasteiger partial charge in [0.15, 0.2) is 16.7 Å². The highest BCUT2D eigenvalue weighted by molar-refractivity contribution is 5.93. The second-order valence-corrected chi connectivity index (χ2v) is 17.3. The fraction of sp³-hybridized carbons (Fsp3) is 0.175. The first-order valence-electron chi connectivity index (χ1n) is 24.0. The molecule has 4 aromatic heterocycles. The van der Waals surface area contributed by atoms with Gasteiger partial charge in [0.05, 0.1) is 22.3 Å². The zero-order chi connectivity index (χ0) is 51.4. The van der Waals surface area contributed by atoms with E-state index < -0.39 is 17.9 Å². The summed E-state index contributed by atoms with van der Waals surface area (Å²) in [6, 6.07) is 43.3. The third-order valence-corrected chi connectivity index (χ3v) is 12.0. The normalized spacial score (nSPS) is 12.0. The van der Waals surface area contributed by atoms with Gasteiger partial charge in [-0.25, -0.2) is 34.3 Å². The Bertz CT molecular complexity index is 3570. The Morgan fingerprint density at radius 1 is 0.527 bits per heavy atom. The lowest BCUT2D eigenvalue weighted by atomic mass is 10.1. The average Bonchev–Trinajstić information content (AvgIpc) is 4.27. The molecule has 0 unspecified atom stereocenters. The molecule has 0 aliphatic carbocycles. The number of nitrogens with one attached hydrogen (secondary N) is 2. The monoisotopic (exact) mass is 993 g/mol. The van der Waals surface area contributed by atoms with Crippen LogP contribution in [-0.4, -0.2) is 91.1 Å². The Hall–Kier alpha value is -9.35. The number of carbonyl (C=O) groups is 3. The maximum atomic E-state index is 11.1. The number of anilines is 3. The van der Waals surface area contributed by atoms with Gasteiger partial charge in [0.1, 0.15) is 22.4 Å². The smallest absolute Gasteiger partial charge is 0.335 e. The number of carboxylic acids is 3. The molecular formula is C57H51N7O10. The van der Waals surface area contributed by atoms with E-state index in [0.717, 1.165) is 86.6 Å².